The monoisotopic (exact) mass is 720 g/mol. The second kappa shape index (κ2) is 13.8. The lowest BCUT2D eigenvalue weighted by molar-refractivity contribution is -0.186. The van der Waals surface area contributed by atoms with E-state index in [-0.39, 0.29) is 31.4 Å². The van der Waals surface area contributed by atoms with Gasteiger partial charge in [-0.05, 0) is 55.8 Å². The Morgan fingerprint density at radius 2 is 2.12 bits per heavy atom. The molecule has 1 aromatic carbocycles. The van der Waals surface area contributed by atoms with Crippen LogP contribution in [0.25, 0.3) is 11.0 Å². The molecule has 266 valence electrons. The number of fused-ring (bicyclic) bond motifs is 6. The van der Waals surface area contributed by atoms with Crippen molar-refractivity contribution < 1.29 is 28.6 Å². The number of nitrogens with one attached hydrogen (secondary N) is 2. The maximum Gasteiger partial charge on any atom is 0.336 e. The number of ether oxygens (including phenoxy) is 2. The fourth-order valence-electron chi connectivity index (χ4n) is 8.24. The van der Waals surface area contributed by atoms with E-state index in [1.54, 1.807) is 46.7 Å². The van der Waals surface area contributed by atoms with Gasteiger partial charge in [-0.25, -0.2) is 9.59 Å². The average Bonchev–Trinajstić information content (AvgIpc) is 3.45. The van der Waals surface area contributed by atoms with E-state index in [1.165, 1.54) is 6.07 Å². The smallest absolute Gasteiger partial charge is 0.336 e. The summed E-state index contributed by atoms with van der Waals surface area (Å²) in [6.45, 7) is 5.48. The molecule has 1 spiro atoms. The molecule has 2 aromatic rings. The molecule has 13 heteroatoms. The van der Waals surface area contributed by atoms with Crippen molar-refractivity contribution in [2.24, 2.45) is 17.6 Å². The number of allylic oxidation sites excluding steroid dienone is 2. The third-order valence-corrected chi connectivity index (χ3v) is 13.3. The number of hydrogen-bond donors (Lipinski definition) is 4. The minimum Gasteiger partial charge on any atom is -0.481 e. The predicted octanol–water partition coefficient (Wildman–Crippen LogP) is 3.58. The highest BCUT2D eigenvalue weighted by molar-refractivity contribution is 8.76. The molecule has 7 rings (SSSR count). The maximum absolute atomic E-state index is 14.0. The zero-order valence-corrected chi connectivity index (χ0v) is 30.2. The summed E-state index contributed by atoms with van der Waals surface area (Å²) < 4.78 is 19.3. The molecule has 1 aromatic heterocycles. The summed E-state index contributed by atoms with van der Waals surface area (Å²) >= 11 is 0. The van der Waals surface area contributed by atoms with Crippen molar-refractivity contribution in [1.82, 2.24) is 15.5 Å². The number of dihydropyridines is 1. The van der Waals surface area contributed by atoms with E-state index in [4.69, 9.17) is 19.6 Å². The van der Waals surface area contributed by atoms with Crippen molar-refractivity contribution in [3.63, 3.8) is 0 Å². The fourth-order valence-corrected chi connectivity index (χ4v) is 10.8. The Balaban J connectivity index is 1.38. The lowest BCUT2D eigenvalue weighted by atomic mass is 9.61. The number of hydrogen-bond acceptors (Lipinski definition) is 12. The molecule has 5 unspecified atom stereocenters. The summed E-state index contributed by atoms with van der Waals surface area (Å²) in [6.07, 6.45) is 6.93. The van der Waals surface area contributed by atoms with Crippen molar-refractivity contribution in [1.29, 1.82) is 0 Å². The van der Waals surface area contributed by atoms with Crippen molar-refractivity contribution in [2.75, 3.05) is 44.8 Å². The molecule has 4 aliphatic heterocycles. The Bertz CT molecular complexity index is 1900. The molecule has 5 atom stereocenters. The number of aliphatic hydroxyl groups is 1. The number of esters is 1. The quantitative estimate of drug-likeness (QED) is 0.113. The number of nitrogens with two attached hydrogens (primary N) is 1. The molecular weight excluding hydrogens is 677 g/mol. The van der Waals surface area contributed by atoms with Gasteiger partial charge in [-0.2, -0.15) is 0 Å². The van der Waals surface area contributed by atoms with Crippen LogP contribution in [0.5, 0.6) is 5.75 Å². The molecule has 5 aliphatic rings. The Labute approximate surface area is 299 Å². The fraction of sp³-hybridized carbons (Fsp3) is 0.486. The summed E-state index contributed by atoms with van der Waals surface area (Å²) in [5, 5.41) is 17.0. The van der Waals surface area contributed by atoms with Gasteiger partial charge < -0.3 is 40.3 Å². The van der Waals surface area contributed by atoms with Gasteiger partial charge in [0.05, 0.1) is 18.2 Å². The van der Waals surface area contributed by atoms with Crippen molar-refractivity contribution in [2.45, 2.75) is 56.8 Å². The van der Waals surface area contributed by atoms with Gasteiger partial charge in [0.1, 0.15) is 11.3 Å². The molecule has 1 amide bonds. The number of rotatable bonds is 6. The van der Waals surface area contributed by atoms with Gasteiger partial charge in [0, 0.05) is 92.1 Å². The first kappa shape index (κ1) is 34.8. The Hall–Kier alpha value is -3.65. The zero-order valence-electron chi connectivity index (χ0n) is 28.6. The van der Waals surface area contributed by atoms with Crippen LogP contribution in [0.4, 0.5) is 0 Å². The molecule has 0 bridgehead atoms. The molecule has 1 saturated heterocycles. The van der Waals surface area contributed by atoms with Gasteiger partial charge in [-0.15, -0.1) is 0 Å². The Morgan fingerprint density at radius 3 is 2.90 bits per heavy atom. The molecule has 1 aliphatic carbocycles. The second-order valence-corrected chi connectivity index (χ2v) is 16.4. The number of nitrogens with zero attached hydrogens (tertiary/aromatic N) is 1. The van der Waals surface area contributed by atoms with Crippen LogP contribution in [0.2, 0.25) is 0 Å². The summed E-state index contributed by atoms with van der Waals surface area (Å²) in [5.74, 6) is 2.09. The van der Waals surface area contributed by atoms with E-state index in [1.807, 2.05) is 31.0 Å². The molecule has 1 fully saturated rings. The second-order valence-electron chi connectivity index (χ2n) is 13.9. The largest absolute Gasteiger partial charge is 0.481 e. The molecule has 5 heterocycles. The van der Waals surface area contributed by atoms with E-state index < -0.39 is 28.7 Å². The van der Waals surface area contributed by atoms with Crippen molar-refractivity contribution >= 4 is 44.4 Å². The standard InChI is InChI=1S/C37H44N4O7S2/c1-4-21(8-10-42)35(45)48-36(2)9-7-23-19-49-50-20-28-26(16-39-3)18-41(28)32(43)12-25-17-40-31(38)13-27(25)34(23)37(36)15-24-11-22-5-6-33(44)46-29(22)14-30(24)47-37/h4-7,11,13-14,26,28,34,39-40,42H,8-10,12,15-20,38H2,1-3H3. The van der Waals surface area contributed by atoms with Crippen molar-refractivity contribution in [3.05, 3.63) is 86.6 Å². The number of amides is 1. The molecular formula is C37H44N4O7S2. The normalized spacial score (nSPS) is 29.6. The molecule has 11 nitrogen and oxygen atoms in total. The van der Waals surface area contributed by atoms with Crippen LogP contribution in [0.1, 0.15) is 38.7 Å². The van der Waals surface area contributed by atoms with E-state index in [9.17, 15) is 19.5 Å². The predicted molar refractivity (Wildman–Crippen MR) is 195 cm³/mol. The highest BCUT2D eigenvalue weighted by atomic mass is 33.1. The van der Waals surface area contributed by atoms with Crippen LogP contribution >= 0.6 is 21.6 Å². The molecule has 0 radical (unpaired) electrons. The summed E-state index contributed by atoms with van der Waals surface area (Å²) in [4.78, 5) is 42.0. The van der Waals surface area contributed by atoms with Gasteiger partial charge in [0.25, 0.3) is 0 Å². The van der Waals surface area contributed by atoms with Gasteiger partial charge in [-0.3, -0.25) is 4.79 Å². The van der Waals surface area contributed by atoms with Gasteiger partial charge in [0.2, 0.25) is 5.91 Å². The number of carbonyl (C=O) groups excluding carboxylic acids is 2. The highest BCUT2D eigenvalue weighted by Gasteiger charge is 2.64. The maximum atomic E-state index is 14.0. The highest BCUT2D eigenvalue weighted by Crippen LogP contribution is 2.57. The van der Waals surface area contributed by atoms with E-state index >= 15 is 0 Å². The molecule has 0 saturated carbocycles. The first-order valence-corrected chi connectivity index (χ1v) is 19.6. The third-order valence-electron chi connectivity index (χ3n) is 11.0. The van der Waals surface area contributed by atoms with Crippen LogP contribution in [-0.4, -0.2) is 83.9 Å². The molecule has 50 heavy (non-hydrogen) atoms. The van der Waals surface area contributed by atoms with Crippen LogP contribution in [0, 0.1) is 11.8 Å². The van der Waals surface area contributed by atoms with Crippen LogP contribution in [-0.2, 0) is 20.7 Å². The lowest BCUT2D eigenvalue weighted by Gasteiger charge is -2.53. The van der Waals surface area contributed by atoms with Crippen LogP contribution < -0.4 is 26.7 Å². The number of benzene rings is 1. The minimum absolute atomic E-state index is 0.0832. The van der Waals surface area contributed by atoms with E-state index in [2.05, 4.69) is 16.7 Å². The summed E-state index contributed by atoms with van der Waals surface area (Å²) in [7, 11) is 5.49. The number of carbonyl (C=O) groups is 2. The Kier molecular flexibility index (Phi) is 9.61. The summed E-state index contributed by atoms with van der Waals surface area (Å²) in [5.41, 5.74) is 8.31. The summed E-state index contributed by atoms with van der Waals surface area (Å²) in [6, 6.07) is 7.03. The van der Waals surface area contributed by atoms with E-state index in [0.29, 0.717) is 53.8 Å². The Morgan fingerprint density at radius 1 is 1.28 bits per heavy atom. The first-order valence-electron chi connectivity index (χ1n) is 17.1. The average molecular weight is 721 g/mol. The van der Waals surface area contributed by atoms with Gasteiger partial charge in [0.15, 0.2) is 11.2 Å². The minimum atomic E-state index is -1.19. The number of aliphatic hydroxyl groups excluding tert-OH is 1. The first-order chi connectivity index (χ1) is 24.1. The van der Waals surface area contributed by atoms with Crippen LogP contribution in [0.15, 0.2) is 79.8 Å². The van der Waals surface area contributed by atoms with Gasteiger partial charge >= 0.3 is 11.6 Å². The zero-order chi connectivity index (χ0) is 35.2. The van der Waals surface area contributed by atoms with Crippen molar-refractivity contribution in [3.8, 4) is 5.75 Å². The third kappa shape index (κ3) is 6.05. The lowest BCUT2D eigenvalue weighted by Crippen LogP contribution is -2.65. The van der Waals surface area contributed by atoms with Crippen LogP contribution in [0.3, 0.4) is 0 Å². The van der Waals surface area contributed by atoms with E-state index in [0.717, 1.165) is 46.5 Å². The topological polar surface area (TPSA) is 156 Å². The molecule has 5 N–H and O–H groups in total. The SMILES string of the molecule is CC=C(CCO)C(=O)OC1(C)CC=C2CSSCC3C(CNC)CN3C(=O)CC3=C(C=C(N)NC3)C2C12Cc1cc3ccc(=O)oc3cc1O2. The van der Waals surface area contributed by atoms with Gasteiger partial charge in [-0.1, -0.05) is 39.3 Å².